The van der Waals surface area contributed by atoms with Crippen molar-refractivity contribution < 1.29 is 4.79 Å². The van der Waals surface area contributed by atoms with Gasteiger partial charge in [-0.1, -0.05) is 42.5 Å². The summed E-state index contributed by atoms with van der Waals surface area (Å²) in [5, 5.41) is 1.92. The second-order valence-electron chi connectivity index (χ2n) is 3.10. The largest absolute Gasteiger partial charge is 0.297 e. The van der Waals surface area contributed by atoms with Crippen LogP contribution in [-0.4, -0.2) is 6.29 Å². The monoisotopic (exact) mass is 214 g/mol. The van der Waals surface area contributed by atoms with Crippen LogP contribution in [0.25, 0.3) is 12.2 Å². The third-order valence-corrected chi connectivity index (χ3v) is 2.95. The second-order valence-corrected chi connectivity index (χ2v) is 4.05. The zero-order valence-electron chi connectivity index (χ0n) is 8.09. The average Bonchev–Trinajstić information content (AvgIpc) is 2.75. The van der Waals surface area contributed by atoms with Crippen LogP contribution in [0.5, 0.6) is 0 Å². The highest BCUT2D eigenvalue weighted by Crippen LogP contribution is 2.17. The Morgan fingerprint density at radius 1 is 1.00 bits per heavy atom. The second kappa shape index (κ2) is 4.71. The summed E-state index contributed by atoms with van der Waals surface area (Å²) < 4.78 is 0. The minimum Gasteiger partial charge on any atom is -0.297 e. The van der Waals surface area contributed by atoms with Crippen molar-refractivity contribution in [1.82, 2.24) is 0 Å². The zero-order chi connectivity index (χ0) is 10.5. The summed E-state index contributed by atoms with van der Waals surface area (Å²) in [4.78, 5) is 11.5. The Balaban J connectivity index is 2.22. The fraction of sp³-hybridized carbons (Fsp3) is 0. The minimum absolute atomic E-state index is 0.780. The summed E-state index contributed by atoms with van der Waals surface area (Å²) >= 11 is 1.47. The fourth-order valence-corrected chi connectivity index (χ4v) is 2.00. The van der Waals surface area contributed by atoms with Crippen LogP contribution in [0.4, 0.5) is 0 Å². The molecule has 15 heavy (non-hydrogen) atoms. The van der Waals surface area contributed by atoms with Gasteiger partial charge in [-0.15, -0.1) is 11.3 Å². The van der Waals surface area contributed by atoms with Crippen molar-refractivity contribution in [2.45, 2.75) is 0 Å². The van der Waals surface area contributed by atoms with Crippen LogP contribution in [0.2, 0.25) is 0 Å². The van der Waals surface area contributed by atoms with E-state index < -0.39 is 0 Å². The molecule has 74 valence electrons. The molecule has 1 aromatic heterocycles. The van der Waals surface area contributed by atoms with E-state index in [1.54, 1.807) is 0 Å². The Bertz CT molecular complexity index is 468. The Hall–Kier alpha value is -1.67. The molecule has 1 nitrogen and oxygen atoms in total. The quantitative estimate of drug-likeness (QED) is 0.711. The molecule has 0 saturated heterocycles. The average molecular weight is 214 g/mol. The SMILES string of the molecule is O=Cc1sccc1C=Cc1ccccc1. The number of hydrogen-bond acceptors (Lipinski definition) is 2. The van der Waals surface area contributed by atoms with Crippen molar-refractivity contribution >= 4 is 29.8 Å². The van der Waals surface area contributed by atoms with E-state index in [9.17, 15) is 4.79 Å². The molecule has 0 unspecified atom stereocenters. The van der Waals surface area contributed by atoms with Crippen LogP contribution in [-0.2, 0) is 0 Å². The van der Waals surface area contributed by atoms with Gasteiger partial charge in [0.1, 0.15) is 0 Å². The van der Waals surface area contributed by atoms with Crippen molar-refractivity contribution in [3.8, 4) is 0 Å². The lowest BCUT2D eigenvalue weighted by Gasteiger charge is -1.91. The number of aldehydes is 1. The number of hydrogen-bond donors (Lipinski definition) is 0. The Labute approximate surface area is 92.7 Å². The molecule has 0 aliphatic carbocycles. The molecule has 0 fully saturated rings. The van der Waals surface area contributed by atoms with Gasteiger partial charge >= 0.3 is 0 Å². The van der Waals surface area contributed by atoms with E-state index in [2.05, 4.69) is 0 Å². The molecule has 0 aliphatic rings. The maximum atomic E-state index is 10.7. The summed E-state index contributed by atoms with van der Waals surface area (Å²) in [5.74, 6) is 0. The van der Waals surface area contributed by atoms with E-state index in [1.807, 2.05) is 53.9 Å². The Kier molecular flexibility index (Phi) is 3.10. The highest BCUT2D eigenvalue weighted by molar-refractivity contribution is 7.11. The zero-order valence-corrected chi connectivity index (χ0v) is 8.91. The van der Waals surface area contributed by atoms with Gasteiger partial charge in [-0.25, -0.2) is 0 Å². The summed E-state index contributed by atoms with van der Waals surface area (Å²) in [6.45, 7) is 0. The summed E-state index contributed by atoms with van der Waals surface area (Å²) in [6, 6.07) is 12.0. The van der Waals surface area contributed by atoms with E-state index >= 15 is 0 Å². The van der Waals surface area contributed by atoms with Gasteiger partial charge in [-0.3, -0.25) is 4.79 Å². The third kappa shape index (κ3) is 2.42. The summed E-state index contributed by atoms with van der Waals surface area (Å²) in [7, 11) is 0. The topological polar surface area (TPSA) is 17.1 Å². The lowest BCUT2D eigenvalue weighted by molar-refractivity contribution is 0.112. The number of thiophene rings is 1. The van der Waals surface area contributed by atoms with Gasteiger partial charge in [-0.2, -0.15) is 0 Å². The van der Waals surface area contributed by atoms with Crippen molar-refractivity contribution in [3.05, 3.63) is 57.8 Å². The highest BCUT2D eigenvalue weighted by atomic mass is 32.1. The molecule has 1 heterocycles. The third-order valence-electron chi connectivity index (χ3n) is 2.09. The van der Waals surface area contributed by atoms with E-state index in [1.165, 1.54) is 11.3 Å². The lowest BCUT2D eigenvalue weighted by Crippen LogP contribution is -1.75. The Morgan fingerprint density at radius 3 is 2.53 bits per heavy atom. The minimum atomic E-state index is 0.780. The summed E-state index contributed by atoms with van der Waals surface area (Å²) in [6.07, 6.45) is 4.87. The standard InChI is InChI=1S/C13H10OS/c14-10-13-12(8-9-15-13)7-6-11-4-2-1-3-5-11/h1-10H. The van der Waals surface area contributed by atoms with Crippen molar-refractivity contribution in [2.24, 2.45) is 0 Å². The van der Waals surface area contributed by atoms with E-state index in [4.69, 9.17) is 0 Å². The van der Waals surface area contributed by atoms with Crippen LogP contribution in [0, 0.1) is 0 Å². The van der Waals surface area contributed by atoms with Gasteiger partial charge in [0.05, 0.1) is 4.88 Å². The van der Waals surface area contributed by atoms with Crippen LogP contribution in [0.15, 0.2) is 41.8 Å². The molecule has 0 amide bonds. The van der Waals surface area contributed by atoms with E-state index in [-0.39, 0.29) is 0 Å². The summed E-state index contributed by atoms with van der Waals surface area (Å²) in [5.41, 5.74) is 2.12. The number of rotatable bonds is 3. The van der Waals surface area contributed by atoms with Gasteiger partial charge < -0.3 is 0 Å². The van der Waals surface area contributed by atoms with Crippen molar-refractivity contribution in [3.63, 3.8) is 0 Å². The molecule has 0 radical (unpaired) electrons. The molecule has 0 atom stereocenters. The number of carbonyl (C=O) groups is 1. The lowest BCUT2D eigenvalue weighted by atomic mass is 10.1. The maximum absolute atomic E-state index is 10.7. The molecule has 1 aromatic carbocycles. The molecule has 0 bridgehead atoms. The first-order valence-corrected chi connectivity index (χ1v) is 5.54. The van der Waals surface area contributed by atoms with Gasteiger partial charge in [0.25, 0.3) is 0 Å². The molecule has 0 saturated carbocycles. The van der Waals surface area contributed by atoms with Crippen LogP contribution >= 0.6 is 11.3 Å². The fourth-order valence-electron chi connectivity index (χ4n) is 1.31. The number of carbonyl (C=O) groups excluding carboxylic acids is 1. The predicted octanol–water partition coefficient (Wildman–Crippen LogP) is 3.73. The van der Waals surface area contributed by atoms with Gasteiger partial charge in [0, 0.05) is 0 Å². The molecular weight excluding hydrogens is 204 g/mol. The van der Waals surface area contributed by atoms with Gasteiger partial charge in [0.15, 0.2) is 6.29 Å². The van der Waals surface area contributed by atoms with Gasteiger partial charge in [0.2, 0.25) is 0 Å². The van der Waals surface area contributed by atoms with Gasteiger partial charge in [-0.05, 0) is 22.6 Å². The maximum Gasteiger partial charge on any atom is 0.160 e. The molecule has 2 aromatic rings. The number of benzene rings is 1. The first-order valence-electron chi connectivity index (χ1n) is 4.66. The highest BCUT2D eigenvalue weighted by Gasteiger charge is 1.97. The predicted molar refractivity (Wildman–Crippen MR) is 65.1 cm³/mol. The molecule has 0 N–H and O–H groups in total. The molecule has 2 heteroatoms. The molecule has 2 rings (SSSR count). The smallest absolute Gasteiger partial charge is 0.160 e. The van der Waals surface area contributed by atoms with E-state index in [0.29, 0.717) is 0 Å². The molecule has 0 aliphatic heterocycles. The van der Waals surface area contributed by atoms with Crippen molar-refractivity contribution in [1.29, 1.82) is 0 Å². The first-order chi connectivity index (χ1) is 7.40. The van der Waals surface area contributed by atoms with Crippen molar-refractivity contribution in [2.75, 3.05) is 0 Å². The normalized spacial score (nSPS) is 10.7. The van der Waals surface area contributed by atoms with E-state index in [0.717, 1.165) is 22.3 Å². The van der Waals surface area contributed by atoms with Crippen LogP contribution in [0.1, 0.15) is 20.8 Å². The molecular formula is C13H10OS. The van der Waals surface area contributed by atoms with Crippen LogP contribution in [0.3, 0.4) is 0 Å². The first kappa shape index (κ1) is 9.87. The molecule has 0 spiro atoms. The Morgan fingerprint density at radius 2 is 1.80 bits per heavy atom. The van der Waals surface area contributed by atoms with Crippen LogP contribution < -0.4 is 0 Å².